The van der Waals surface area contributed by atoms with Gasteiger partial charge in [0.15, 0.2) is 0 Å². The maximum absolute atomic E-state index is 4.20. The summed E-state index contributed by atoms with van der Waals surface area (Å²) in [6.07, 6.45) is 0. The van der Waals surface area contributed by atoms with Crippen molar-refractivity contribution < 1.29 is 15.1 Å². The van der Waals surface area contributed by atoms with E-state index in [4.69, 9.17) is 0 Å². The van der Waals surface area contributed by atoms with Crippen LogP contribution >= 0.6 is 10.1 Å². The van der Waals surface area contributed by atoms with Crippen LogP contribution in [0.4, 0.5) is 0 Å². The van der Waals surface area contributed by atoms with Crippen LogP contribution in [0.1, 0.15) is 0 Å². The van der Waals surface area contributed by atoms with Crippen molar-refractivity contribution in [3.63, 3.8) is 0 Å². The molecule has 0 aliphatic heterocycles. The Balaban J connectivity index is 0. The zero-order valence-electron chi connectivity index (χ0n) is 4.13. The second kappa shape index (κ2) is 9.24. The molecule has 0 radical (unpaired) electrons. The molecule has 3 heteroatoms. The predicted molar refractivity (Wildman–Crippen MR) is 25.5 cm³/mol. The molecule has 0 aliphatic rings. The van der Waals surface area contributed by atoms with Gasteiger partial charge in [-0.1, -0.05) is 0 Å². The summed E-state index contributed by atoms with van der Waals surface area (Å²) < 4.78 is 0. The summed E-state index contributed by atoms with van der Waals surface area (Å²) in [6.45, 7) is 0. The molecule has 0 aromatic carbocycles. The van der Waals surface area contributed by atoms with Crippen molar-refractivity contribution in [2.45, 2.75) is 0 Å². The number of hydrogen-bond donors (Lipinski definition) is 0. The van der Waals surface area contributed by atoms with Crippen molar-refractivity contribution in [3.05, 3.63) is 0 Å². The van der Waals surface area contributed by atoms with Crippen LogP contribution in [-0.4, -0.2) is 26.0 Å². The Morgan fingerprint density at radius 1 is 1.17 bits per heavy atom. The monoisotopic (exact) mass is 157 g/mol. The van der Waals surface area contributed by atoms with Crippen LogP contribution in [0.15, 0.2) is 0 Å². The molecule has 0 aromatic heterocycles. The van der Waals surface area contributed by atoms with Gasteiger partial charge in [0, 0.05) is 0 Å². The first-order valence-corrected chi connectivity index (χ1v) is 2.75. The maximum atomic E-state index is 4.20. The molecule has 0 saturated carbocycles. The molecular weight excluding hydrogens is 149 g/mol. The number of hydrogen-bond acceptors (Lipinski definition) is 1. The van der Waals surface area contributed by atoms with Gasteiger partial charge in [0.05, 0.1) is 0 Å². The first-order chi connectivity index (χ1) is 2.73. The third kappa shape index (κ3) is 114. The standard InChI is InChI=1S/C3H9N.ClH.Cu/c1-4(2)3;;/h1-3H3;1H;/q;;+1/p-1. The molecule has 0 spiro atoms. The summed E-state index contributed by atoms with van der Waals surface area (Å²) in [4.78, 5) is 2.00. The van der Waals surface area contributed by atoms with Crippen LogP contribution in [0.25, 0.3) is 0 Å². The Morgan fingerprint density at radius 3 is 1.17 bits per heavy atom. The molecule has 6 heavy (non-hydrogen) atoms. The first-order valence-electron chi connectivity index (χ1n) is 1.46. The van der Waals surface area contributed by atoms with E-state index >= 15 is 0 Å². The Kier molecular flexibility index (Phi) is 15.2. The third-order valence-electron chi connectivity index (χ3n) is 0. The average Bonchev–Trinajstić information content (AvgIpc) is 1.41. The Morgan fingerprint density at radius 2 is 1.17 bits per heavy atom. The van der Waals surface area contributed by atoms with Crippen molar-refractivity contribution in [2.24, 2.45) is 0 Å². The zero-order chi connectivity index (χ0) is 5.58. The summed E-state index contributed by atoms with van der Waals surface area (Å²) >= 11 is 3.66. The van der Waals surface area contributed by atoms with Gasteiger partial charge in [0.25, 0.3) is 0 Å². The molecule has 0 unspecified atom stereocenters. The van der Waals surface area contributed by atoms with Crippen LogP contribution in [-0.2, 0) is 15.1 Å². The molecule has 0 atom stereocenters. The summed E-state index contributed by atoms with van der Waals surface area (Å²) in [5.74, 6) is 0. The van der Waals surface area contributed by atoms with Crippen molar-refractivity contribution in [1.82, 2.24) is 4.90 Å². The van der Waals surface area contributed by atoms with E-state index in [9.17, 15) is 0 Å². The fraction of sp³-hybridized carbons (Fsp3) is 1.00. The van der Waals surface area contributed by atoms with Gasteiger partial charge in [0.1, 0.15) is 0 Å². The van der Waals surface area contributed by atoms with E-state index in [0.717, 1.165) is 0 Å². The van der Waals surface area contributed by atoms with E-state index in [1.165, 1.54) is 0 Å². The molecule has 0 bridgehead atoms. The summed E-state index contributed by atoms with van der Waals surface area (Å²) in [5.41, 5.74) is 0. The Hall–Kier alpha value is 0.769. The molecule has 0 fully saturated rings. The molecule has 0 N–H and O–H groups in total. The van der Waals surface area contributed by atoms with Gasteiger partial charge in [-0.25, -0.2) is 0 Å². The first kappa shape index (κ1) is 9.91. The molecule has 0 aliphatic carbocycles. The second-order valence-corrected chi connectivity index (χ2v) is 1.34. The summed E-state index contributed by atoms with van der Waals surface area (Å²) in [5, 5.41) is 0. The molecule has 0 saturated heterocycles. The van der Waals surface area contributed by atoms with Crippen LogP contribution in [0.5, 0.6) is 0 Å². The summed E-state index contributed by atoms with van der Waals surface area (Å²) in [7, 11) is 10.2. The van der Waals surface area contributed by atoms with Crippen molar-refractivity contribution in [1.29, 1.82) is 0 Å². The van der Waals surface area contributed by atoms with Gasteiger partial charge >= 0.3 is 25.2 Å². The fourth-order valence-electron chi connectivity index (χ4n) is 0. The van der Waals surface area contributed by atoms with E-state index in [0.29, 0.717) is 0 Å². The Labute approximate surface area is 51.7 Å². The van der Waals surface area contributed by atoms with Crippen LogP contribution in [0.2, 0.25) is 0 Å². The molecule has 0 amide bonds. The normalized spacial score (nSPS) is 7.17. The van der Waals surface area contributed by atoms with E-state index < -0.39 is 0 Å². The van der Waals surface area contributed by atoms with Gasteiger partial charge in [0.2, 0.25) is 0 Å². The quantitative estimate of drug-likeness (QED) is 0.473. The van der Waals surface area contributed by atoms with E-state index in [-0.39, 0.29) is 0 Å². The molecule has 0 heterocycles. The van der Waals surface area contributed by atoms with E-state index in [2.05, 4.69) is 25.2 Å². The molecule has 1 nitrogen and oxygen atoms in total. The minimum atomic E-state index is 2.00. The third-order valence-corrected chi connectivity index (χ3v) is 0. The summed E-state index contributed by atoms with van der Waals surface area (Å²) in [6, 6.07) is 0. The topological polar surface area (TPSA) is 3.24 Å². The average molecular weight is 158 g/mol. The minimum absolute atomic E-state index is 2.00. The fourth-order valence-corrected chi connectivity index (χ4v) is 0. The molecule has 44 valence electrons. The van der Waals surface area contributed by atoms with Gasteiger partial charge in [-0.3, -0.25) is 0 Å². The van der Waals surface area contributed by atoms with Crippen LogP contribution in [0, 0.1) is 0 Å². The Bertz CT molecular complexity index is 15.5. The van der Waals surface area contributed by atoms with Crippen molar-refractivity contribution >= 4 is 10.1 Å². The number of rotatable bonds is 0. The van der Waals surface area contributed by atoms with Gasteiger partial charge in [-0.05, 0) is 21.1 Å². The van der Waals surface area contributed by atoms with Crippen molar-refractivity contribution in [2.75, 3.05) is 21.1 Å². The van der Waals surface area contributed by atoms with Crippen LogP contribution in [0.3, 0.4) is 0 Å². The molecular formula is C3H9ClCuN. The predicted octanol–water partition coefficient (Wildman–Crippen LogP) is 0.865. The van der Waals surface area contributed by atoms with Crippen molar-refractivity contribution in [3.8, 4) is 0 Å². The number of nitrogens with zero attached hydrogens (tertiary/aromatic N) is 1. The van der Waals surface area contributed by atoms with Crippen LogP contribution < -0.4 is 0 Å². The van der Waals surface area contributed by atoms with Gasteiger partial charge in [-0.2, -0.15) is 0 Å². The second-order valence-electron chi connectivity index (χ2n) is 1.34. The SMILES string of the molecule is CN(C)C.[Cl][Cu]. The molecule has 0 aromatic rings. The van der Waals surface area contributed by atoms with Gasteiger partial charge < -0.3 is 4.90 Å². The number of halogens is 1. The van der Waals surface area contributed by atoms with E-state index in [1.807, 2.05) is 26.0 Å². The molecule has 0 rings (SSSR count). The zero-order valence-corrected chi connectivity index (χ0v) is 5.82. The van der Waals surface area contributed by atoms with Gasteiger partial charge in [-0.15, -0.1) is 0 Å². The van der Waals surface area contributed by atoms with E-state index in [1.54, 1.807) is 0 Å².